The molecule has 1 aromatic carbocycles. The first-order valence-electron chi connectivity index (χ1n) is 7.24. The third-order valence-corrected chi connectivity index (χ3v) is 4.46. The van der Waals surface area contributed by atoms with Crippen molar-refractivity contribution in [2.24, 2.45) is 0 Å². The summed E-state index contributed by atoms with van der Waals surface area (Å²) in [5.41, 5.74) is 1.09. The van der Waals surface area contributed by atoms with Gasteiger partial charge in [0.25, 0.3) is 0 Å². The second-order valence-corrected chi connectivity index (χ2v) is 5.96. The Hall–Kier alpha value is -0.890. The van der Waals surface area contributed by atoms with Crippen LogP contribution in [0.5, 0.6) is 0 Å². The summed E-state index contributed by atoms with van der Waals surface area (Å²) in [5, 5.41) is 3.52. The average molecular weight is 247 g/mol. The Kier molecular flexibility index (Phi) is 3.14. The number of rotatable bonds is 3. The van der Waals surface area contributed by atoms with Crippen molar-refractivity contribution < 1.29 is 4.39 Å². The molecule has 18 heavy (non-hydrogen) atoms. The van der Waals surface area contributed by atoms with Crippen LogP contribution in [0.15, 0.2) is 24.3 Å². The smallest absolute Gasteiger partial charge is 0.139 e. The van der Waals surface area contributed by atoms with Crippen LogP contribution in [0.3, 0.4) is 0 Å². The Balaban J connectivity index is 1.86. The zero-order valence-corrected chi connectivity index (χ0v) is 11.1. The van der Waals surface area contributed by atoms with E-state index < -0.39 is 5.67 Å². The molecule has 0 aliphatic carbocycles. The van der Waals surface area contributed by atoms with Gasteiger partial charge in [0.1, 0.15) is 5.67 Å². The van der Waals surface area contributed by atoms with E-state index in [1.165, 1.54) is 5.56 Å². The summed E-state index contributed by atoms with van der Waals surface area (Å²) < 4.78 is 15.2. The standard InChI is InChI=1S/C16H22FN/c1-2-4-12-5-3-6-13(9-12)16(17)10-14-7-8-15(11-16)18-14/h3,5-6,9,14-15,18H,2,4,7-8,10-11H2,1H3. The van der Waals surface area contributed by atoms with Crippen molar-refractivity contribution in [3.63, 3.8) is 0 Å². The molecule has 2 saturated heterocycles. The summed E-state index contributed by atoms with van der Waals surface area (Å²) in [5.74, 6) is 0. The monoisotopic (exact) mass is 247 g/mol. The number of fused-ring (bicyclic) bond motifs is 2. The fraction of sp³-hybridized carbons (Fsp3) is 0.625. The largest absolute Gasteiger partial charge is 0.311 e. The number of halogens is 1. The maximum absolute atomic E-state index is 15.2. The van der Waals surface area contributed by atoms with Gasteiger partial charge in [-0.15, -0.1) is 0 Å². The minimum absolute atomic E-state index is 0.392. The van der Waals surface area contributed by atoms with Gasteiger partial charge in [0.05, 0.1) is 0 Å². The van der Waals surface area contributed by atoms with Gasteiger partial charge in [0.15, 0.2) is 0 Å². The van der Waals surface area contributed by atoms with E-state index >= 15 is 4.39 Å². The molecule has 1 nitrogen and oxygen atoms in total. The highest BCUT2D eigenvalue weighted by Crippen LogP contribution is 2.43. The molecule has 2 unspecified atom stereocenters. The fourth-order valence-electron chi connectivity index (χ4n) is 3.62. The number of piperidine rings is 1. The van der Waals surface area contributed by atoms with Crippen molar-refractivity contribution in [3.8, 4) is 0 Å². The van der Waals surface area contributed by atoms with Crippen LogP contribution in [0.25, 0.3) is 0 Å². The molecular weight excluding hydrogens is 225 g/mol. The van der Waals surface area contributed by atoms with E-state index in [4.69, 9.17) is 0 Å². The van der Waals surface area contributed by atoms with Crippen molar-refractivity contribution in [2.45, 2.75) is 63.2 Å². The summed E-state index contributed by atoms with van der Waals surface area (Å²) >= 11 is 0. The minimum Gasteiger partial charge on any atom is -0.311 e. The van der Waals surface area contributed by atoms with Crippen molar-refractivity contribution in [2.75, 3.05) is 0 Å². The highest BCUT2D eigenvalue weighted by Gasteiger charge is 2.45. The molecule has 1 aromatic rings. The lowest BCUT2D eigenvalue weighted by Crippen LogP contribution is -2.44. The second-order valence-electron chi connectivity index (χ2n) is 5.96. The quantitative estimate of drug-likeness (QED) is 0.858. The van der Waals surface area contributed by atoms with Crippen LogP contribution in [0, 0.1) is 0 Å². The van der Waals surface area contributed by atoms with E-state index in [0.717, 1.165) is 31.2 Å². The third kappa shape index (κ3) is 2.18. The van der Waals surface area contributed by atoms with Crippen molar-refractivity contribution >= 4 is 0 Å². The second kappa shape index (κ2) is 4.65. The first kappa shape index (κ1) is 12.2. The summed E-state index contributed by atoms with van der Waals surface area (Å²) in [7, 11) is 0. The molecule has 0 spiro atoms. The van der Waals surface area contributed by atoms with Gasteiger partial charge in [-0.1, -0.05) is 37.6 Å². The lowest BCUT2D eigenvalue weighted by atomic mass is 9.82. The van der Waals surface area contributed by atoms with Crippen molar-refractivity contribution in [3.05, 3.63) is 35.4 Å². The Labute approximate surface area is 109 Å². The Bertz CT molecular complexity index is 417. The molecule has 2 atom stereocenters. The molecular formula is C16H22FN. The highest BCUT2D eigenvalue weighted by atomic mass is 19.1. The first-order valence-corrected chi connectivity index (χ1v) is 7.24. The van der Waals surface area contributed by atoms with Crippen LogP contribution >= 0.6 is 0 Å². The van der Waals surface area contributed by atoms with E-state index in [1.54, 1.807) is 0 Å². The van der Waals surface area contributed by atoms with Gasteiger partial charge in [-0.25, -0.2) is 4.39 Å². The number of nitrogens with one attached hydrogen (secondary N) is 1. The molecule has 3 rings (SSSR count). The van der Waals surface area contributed by atoms with Crippen LogP contribution in [0.1, 0.15) is 50.2 Å². The van der Waals surface area contributed by atoms with Crippen molar-refractivity contribution in [1.29, 1.82) is 0 Å². The molecule has 0 saturated carbocycles. The average Bonchev–Trinajstić information content (AvgIpc) is 2.70. The Morgan fingerprint density at radius 2 is 2.00 bits per heavy atom. The molecule has 2 bridgehead atoms. The van der Waals surface area contributed by atoms with Gasteiger partial charge in [0, 0.05) is 24.9 Å². The number of hydrogen-bond donors (Lipinski definition) is 1. The highest BCUT2D eigenvalue weighted by molar-refractivity contribution is 5.30. The fourth-order valence-corrected chi connectivity index (χ4v) is 3.62. The number of alkyl halides is 1. The third-order valence-electron chi connectivity index (χ3n) is 4.46. The van der Waals surface area contributed by atoms with Crippen LogP contribution < -0.4 is 5.32 Å². The van der Waals surface area contributed by atoms with Gasteiger partial charge < -0.3 is 5.32 Å². The minimum atomic E-state index is -1.10. The van der Waals surface area contributed by atoms with Crippen LogP contribution in [0.2, 0.25) is 0 Å². The molecule has 0 amide bonds. The predicted molar refractivity (Wildman–Crippen MR) is 72.4 cm³/mol. The lowest BCUT2D eigenvalue weighted by Gasteiger charge is -2.35. The van der Waals surface area contributed by atoms with Crippen LogP contribution in [-0.2, 0) is 12.1 Å². The van der Waals surface area contributed by atoms with Gasteiger partial charge in [-0.2, -0.15) is 0 Å². The van der Waals surface area contributed by atoms with E-state index in [1.807, 2.05) is 12.1 Å². The molecule has 0 aromatic heterocycles. The molecule has 0 radical (unpaired) electrons. The topological polar surface area (TPSA) is 12.0 Å². The Morgan fingerprint density at radius 1 is 1.28 bits per heavy atom. The molecule has 2 heteroatoms. The number of aryl methyl sites for hydroxylation is 1. The van der Waals surface area contributed by atoms with Gasteiger partial charge in [-0.3, -0.25) is 0 Å². The van der Waals surface area contributed by atoms with Gasteiger partial charge in [-0.05, 0) is 30.4 Å². The summed E-state index contributed by atoms with van der Waals surface area (Å²) in [6, 6.07) is 8.99. The van der Waals surface area contributed by atoms with Crippen LogP contribution in [0.4, 0.5) is 4.39 Å². The van der Waals surface area contributed by atoms with Crippen molar-refractivity contribution in [1.82, 2.24) is 5.32 Å². The molecule has 98 valence electrons. The molecule has 2 aliphatic heterocycles. The van der Waals surface area contributed by atoms with E-state index in [2.05, 4.69) is 24.4 Å². The molecule has 2 heterocycles. The maximum atomic E-state index is 15.2. The SMILES string of the molecule is CCCc1cccc(C2(F)CC3CCC(C2)N3)c1. The summed E-state index contributed by atoms with van der Waals surface area (Å²) in [6.07, 6.45) is 5.76. The first-order chi connectivity index (χ1) is 8.69. The van der Waals surface area contributed by atoms with E-state index in [-0.39, 0.29) is 0 Å². The molecule has 2 fully saturated rings. The summed E-state index contributed by atoms with van der Waals surface area (Å²) in [6.45, 7) is 2.17. The Morgan fingerprint density at radius 3 is 2.67 bits per heavy atom. The number of hydrogen-bond acceptors (Lipinski definition) is 1. The zero-order chi connectivity index (χ0) is 12.6. The van der Waals surface area contributed by atoms with Gasteiger partial charge in [0.2, 0.25) is 0 Å². The number of benzene rings is 1. The van der Waals surface area contributed by atoms with Gasteiger partial charge >= 0.3 is 0 Å². The molecule has 1 N–H and O–H groups in total. The molecule has 2 aliphatic rings. The van der Waals surface area contributed by atoms with E-state index in [9.17, 15) is 0 Å². The van der Waals surface area contributed by atoms with E-state index in [0.29, 0.717) is 24.9 Å². The normalized spacial score (nSPS) is 34.8. The predicted octanol–water partition coefficient (Wildman–Crippen LogP) is 3.72. The maximum Gasteiger partial charge on any atom is 0.139 e. The lowest BCUT2D eigenvalue weighted by molar-refractivity contribution is 0.0873. The zero-order valence-electron chi connectivity index (χ0n) is 11.1. The van der Waals surface area contributed by atoms with Crippen LogP contribution in [-0.4, -0.2) is 12.1 Å². The summed E-state index contributed by atoms with van der Waals surface area (Å²) in [4.78, 5) is 0.